The van der Waals surface area contributed by atoms with Crippen LogP contribution in [-0.2, 0) is 6.18 Å². The van der Waals surface area contributed by atoms with E-state index in [0.717, 1.165) is 34.2 Å². The third kappa shape index (κ3) is 3.85. The fourth-order valence-corrected chi connectivity index (χ4v) is 2.78. The van der Waals surface area contributed by atoms with Crippen molar-refractivity contribution < 1.29 is 13.2 Å². The van der Waals surface area contributed by atoms with Gasteiger partial charge in [0.1, 0.15) is 0 Å². The molecule has 0 fully saturated rings. The molecule has 1 heterocycles. The van der Waals surface area contributed by atoms with E-state index in [-0.39, 0.29) is 0 Å². The average molecular weight is 341 g/mol. The van der Waals surface area contributed by atoms with Gasteiger partial charge in [-0.2, -0.15) is 13.2 Å². The van der Waals surface area contributed by atoms with Crippen molar-refractivity contribution in [2.24, 2.45) is 0 Å². The number of aromatic nitrogens is 1. The molecule has 0 saturated carbocycles. The van der Waals surface area contributed by atoms with Gasteiger partial charge in [-0.3, -0.25) is 0 Å². The molecule has 0 spiro atoms. The Balaban J connectivity index is 1.68. The number of nitrogens with one attached hydrogen (secondary N) is 1. The summed E-state index contributed by atoms with van der Waals surface area (Å²) in [7, 11) is 0. The Bertz CT molecular complexity index is 931. The van der Waals surface area contributed by atoms with Gasteiger partial charge in [-0.05, 0) is 70.8 Å². The Hall–Kier alpha value is -2.75. The zero-order valence-electron chi connectivity index (χ0n) is 13.7. The number of alkyl halides is 3. The van der Waals surface area contributed by atoms with Crippen molar-refractivity contribution in [2.45, 2.75) is 19.0 Å². The standard InChI is InChI=1S/C21H18F3N/c1-14(16-4-3-5-19(13-16)21(22,23)24)6-7-15(2)17-8-9-20-18(12-17)10-11-25-20/h3-5,8-13,25H,1-2,6-7H2. The molecule has 128 valence electrons. The van der Waals surface area contributed by atoms with Crippen LogP contribution in [0.15, 0.2) is 67.9 Å². The number of H-pyrrole nitrogens is 1. The lowest BCUT2D eigenvalue weighted by molar-refractivity contribution is -0.137. The molecule has 3 rings (SSSR count). The molecule has 0 aliphatic carbocycles. The molecule has 1 aromatic heterocycles. The molecule has 0 radical (unpaired) electrons. The lowest BCUT2D eigenvalue weighted by Gasteiger charge is -2.12. The average Bonchev–Trinajstić information content (AvgIpc) is 3.06. The Labute approximate surface area is 144 Å². The molecule has 0 atom stereocenters. The van der Waals surface area contributed by atoms with E-state index in [1.165, 1.54) is 6.07 Å². The van der Waals surface area contributed by atoms with Gasteiger partial charge in [0.15, 0.2) is 0 Å². The summed E-state index contributed by atoms with van der Waals surface area (Å²) in [5.74, 6) is 0. The summed E-state index contributed by atoms with van der Waals surface area (Å²) in [5.41, 5.74) is 3.58. The minimum absolute atomic E-state index is 0.517. The summed E-state index contributed by atoms with van der Waals surface area (Å²) < 4.78 is 38.5. The van der Waals surface area contributed by atoms with Crippen LogP contribution < -0.4 is 0 Å². The van der Waals surface area contributed by atoms with Crippen molar-refractivity contribution in [1.82, 2.24) is 4.98 Å². The second-order valence-corrected chi connectivity index (χ2v) is 6.07. The van der Waals surface area contributed by atoms with E-state index < -0.39 is 11.7 Å². The summed E-state index contributed by atoms with van der Waals surface area (Å²) in [5, 5.41) is 1.11. The number of hydrogen-bond acceptors (Lipinski definition) is 0. The fraction of sp³-hybridized carbons (Fsp3) is 0.143. The minimum atomic E-state index is -4.34. The van der Waals surface area contributed by atoms with Gasteiger partial charge in [0.25, 0.3) is 0 Å². The van der Waals surface area contributed by atoms with E-state index in [9.17, 15) is 13.2 Å². The first-order valence-electron chi connectivity index (χ1n) is 7.95. The quantitative estimate of drug-likeness (QED) is 0.532. The van der Waals surface area contributed by atoms with Crippen LogP contribution in [0, 0.1) is 0 Å². The van der Waals surface area contributed by atoms with Crippen molar-refractivity contribution in [1.29, 1.82) is 0 Å². The SMILES string of the molecule is C=C(CCC(=C)c1ccc2[nH]ccc2c1)c1cccc(C(F)(F)F)c1. The van der Waals surface area contributed by atoms with Crippen LogP contribution in [0.25, 0.3) is 22.0 Å². The molecule has 0 bridgehead atoms. The number of fused-ring (bicyclic) bond motifs is 1. The third-order valence-electron chi connectivity index (χ3n) is 4.29. The summed E-state index contributed by atoms with van der Waals surface area (Å²) in [6, 6.07) is 13.3. The highest BCUT2D eigenvalue weighted by molar-refractivity contribution is 5.83. The highest BCUT2D eigenvalue weighted by Gasteiger charge is 2.30. The number of aromatic amines is 1. The molecule has 0 amide bonds. The molecule has 3 aromatic rings. The number of benzene rings is 2. The molecular weight excluding hydrogens is 323 g/mol. The number of halogens is 3. The number of hydrogen-bond donors (Lipinski definition) is 1. The molecule has 25 heavy (non-hydrogen) atoms. The van der Waals surface area contributed by atoms with Gasteiger partial charge >= 0.3 is 6.18 Å². The van der Waals surface area contributed by atoms with Gasteiger partial charge in [0.05, 0.1) is 5.56 Å². The van der Waals surface area contributed by atoms with Gasteiger partial charge in [0.2, 0.25) is 0 Å². The van der Waals surface area contributed by atoms with Crippen molar-refractivity contribution in [2.75, 3.05) is 0 Å². The van der Waals surface area contributed by atoms with E-state index in [0.29, 0.717) is 24.0 Å². The first kappa shape index (κ1) is 17.1. The van der Waals surface area contributed by atoms with Crippen molar-refractivity contribution in [3.63, 3.8) is 0 Å². The molecule has 1 N–H and O–H groups in total. The van der Waals surface area contributed by atoms with Crippen molar-refractivity contribution >= 4 is 22.0 Å². The second kappa shape index (κ2) is 6.63. The van der Waals surface area contributed by atoms with E-state index in [1.54, 1.807) is 6.07 Å². The van der Waals surface area contributed by atoms with Crippen LogP contribution in [0.3, 0.4) is 0 Å². The van der Waals surface area contributed by atoms with E-state index in [1.807, 2.05) is 24.4 Å². The van der Waals surface area contributed by atoms with Crippen LogP contribution >= 0.6 is 0 Å². The largest absolute Gasteiger partial charge is 0.416 e. The van der Waals surface area contributed by atoms with E-state index in [4.69, 9.17) is 0 Å². The van der Waals surface area contributed by atoms with Gasteiger partial charge in [-0.1, -0.05) is 31.4 Å². The molecule has 0 aliphatic heterocycles. The Morgan fingerprint density at radius 2 is 1.56 bits per heavy atom. The zero-order chi connectivity index (χ0) is 18.0. The summed E-state index contributed by atoms with van der Waals surface area (Å²) >= 11 is 0. The van der Waals surface area contributed by atoms with Gasteiger partial charge < -0.3 is 4.98 Å². The summed E-state index contributed by atoms with van der Waals surface area (Å²) in [6.45, 7) is 8.05. The minimum Gasteiger partial charge on any atom is -0.361 e. The Morgan fingerprint density at radius 3 is 2.24 bits per heavy atom. The molecule has 0 unspecified atom stereocenters. The maximum absolute atomic E-state index is 12.8. The lowest BCUT2D eigenvalue weighted by atomic mass is 9.95. The van der Waals surface area contributed by atoms with Gasteiger partial charge in [-0.15, -0.1) is 0 Å². The summed E-state index contributed by atoms with van der Waals surface area (Å²) in [4.78, 5) is 3.14. The first-order valence-corrected chi connectivity index (χ1v) is 7.95. The van der Waals surface area contributed by atoms with Crippen LogP contribution in [-0.4, -0.2) is 4.98 Å². The predicted molar refractivity (Wildman–Crippen MR) is 97.0 cm³/mol. The van der Waals surface area contributed by atoms with Crippen LogP contribution in [0.5, 0.6) is 0 Å². The molecular formula is C21H18F3N. The monoisotopic (exact) mass is 341 g/mol. The maximum Gasteiger partial charge on any atom is 0.416 e. The van der Waals surface area contributed by atoms with E-state index >= 15 is 0 Å². The molecule has 1 nitrogen and oxygen atoms in total. The lowest BCUT2D eigenvalue weighted by Crippen LogP contribution is -2.05. The number of rotatable bonds is 5. The maximum atomic E-state index is 12.8. The van der Waals surface area contributed by atoms with Crippen LogP contribution in [0.2, 0.25) is 0 Å². The van der Waals surface area contributed by atoms with Gasteiger partial charge in [-0.25, -0.2) is 0 Å². The van der Waals surface area contributed by atoms with Crippen LogP contribution in [0.1, 0.15) is 29.5 Å². The fourth-order valence-electron chi connectivity index (χ4n) is 2.78. The number of allylic oxidation sites excluding steroid dienone is 2. The van der Waals surface area contributed by atoms with Gasteiger partial charge in [0, 0.05) is 11.7 Å². The first-order chi connectivity index (χ1) is 11.8. The highest BCUT2D eigenvalue weighted by atomic mass is 19.4. The van der Waals surface area contributed by atoms with Crippen molar-refractivity contribution in [3.05, 3.63) is 84.6 Å². The molecule has 0 saturated heterocycles. The molecule has 0 aliphatic rings. The second-order valence-electron chi connectivity index (χ2n) is 6.07. The Morgan fingerprint density at radius 1 is 0.880 bits per heavy atom. The smallest absolute Gasteiger partial charge is 0.361 e. The normalized spacial score (nSPS) is 11.6. The highest BCUT2D eigenvalue weighted by Crippen LogP contribution is 2.32. The Kier molecular flexibility index (Phi) is 4.53. The zero-order valence-corrected chi connectivity index (χ0v) is 13.7. The topological polar surface area (TPSA) is 15.8 Å². The van der Waals surface area contributed by atoms with Crippen LogP contribution in [0.4, 0.5) is 13.2 Å². The molecule has 4 heteroatoms. The third-order valence-corrected chi connectivity index (χ3v) is 4.29. The molecule has 2 aromatic carbocycles. The summed E-state index contributed by atoms with van der Waals surface area (Å²) in [6.07, 6.45) is -1.26. The predicted octanol–water partition coefficient (Wildman–Crippen LogP) is 6.69. The van der Waals surface area contributed by atoms with E-state index in [2.05, 4.69) is 24.2 Å². The van der Waals surface area contributed by atoms with Crippen molar-refractivity contribution in [3.8, 4) is 0 Å².